The third kappa shape index (κ3) is 3.16. The van der Waals surface area contributed by atoms with E-state index in [4.69, 9.17) is 0 Å². The van der Waals surface area contributed by atoms with Gasteiger partial charge in [-0.05, 0) is 30.7 Å². The number of carbonyl (C=O) groups is 1. The SMILES string of the molecule is Cc1cnccc1N1CCN(C(=O)c2ccc(F)cc2F)CC1. The van der Waals surface area contributed by atoms with Crippen LogP contribution in [0.1, 0.15) is 15.9 Å². The van der Waals surface area contributed by atoms with Crippen molar-refractivity contribution in [3.63, 3.8) is 0 Å². The molecule has 23 heavy (non-hydrogen) atoms. The maximum absolute atomic E-state index is 13.7. The quantitative estimate of drug-likeness (QED) is 0.854. The predicted molar refractivity (Wildman–Crippen MR) is 83.4 cm³/mol. The average Bonchev–Trinajstić information content (AvgIpc) is 2.55. The molecule has 0 unspecified atom stereocenters. The normalized spacial score (nSPS) is 14.9. The summed E-state index contributed by atoms with van der Waals surface area (Å²) in [5.41, 5.74) is 2.09. The van der Waals surface area contributed by atoms with Crippen LogP contribution in [0.15, 0.2) is 36.7 Å². The number of hydrogen-bond donors (Lipinski definition) is 0. The number of aromatic nitrogens is 1. The maximum atomic E-state index is 13.7. The highest BCUT2D eigenvalue weighted by atomic mass is 19.1. The van der Waals surface area contributed by atoms with Gasteiger partial charge < -0.3 is 9.80 Å². The molecule has 0 aliphatic carbocycles. The third-order valence-corrected chi connectivity index (χ3v) is 4.06. The van der Waals surface area contributed by atoms with E-state index in [2.05, 4.69) is 9.88 Å². The van der Waals surface area contributed by atoms with E-state index in [-0.39, 0.29) is 5.56 Å². The minimum absolute atomic E-state index is 0.0834. The molecule has 1 saturated heterocycles. The van der Waals surface area contributed by atoms with Gasteiger partial charge in [-0.3, -0.25) is 9.78 Å². The zero-order chi connectivity index (χ0) is 16.4. The Bertz CT molecular complexity index is 728. The molecule has 1 aliphatic rings. The standard InChI is InChI=1S/C17H17F2N3O/c1-12-11-20-5-4-16(12)21-6-8-22(9-7-21)17(23)14-3-2-13(18)10-15(14)19/h2-5,10-11H,6-9H2,1H3. The summed E-state index contributed by atoms with van der Waals surface area (Å²) in [7, 11) is 0. The average molecular weight is 317 g/mol. The molecule has 3 rings (SSSR count). The molecule has 0 N–H and O–H groups in total. The zero-order valence-corrected chi connectivity index (χ0v) is 12.8. The molecule has 1 aromatic heterocycles. The lowest BCUT2D eigenvalue weighted by atomic mass is 10.1. The second kappa shape index (κ2) is 6.32. The lowest BCUT2D eigenvalue weighted by molar-refractivity contribution is 0.0742. The van der Waals surface area contributed by atoms with E-state index < -0.39 is 17.5 Å². The van der Waals surface area contributed by atoms with Gasteiger partial charge in [-0.25, -0.2) is 8.78 Å². The van der Waals surface area contributed by atoms with Gasteiger partial charge in [0.05, 0.1) is 5.56 Å². The van der Waals surface area contributed by atoms with Crippen molar-refractivity contribution in [1.29, 1.82) is 0 Å². The molecule has 2 heterocycles. The fourth-order valence-corrected chi connectivity index (χ4v) is 2.80. The Kier molecular flexibility index (Phi) is 4.23. The van der Waals surface area contributed by atoms with Gasteiger partial charge in [-0.1, -0.05) is 0 Å². The molecule has 1 amide bonds. The van der Waals surface area contributed by atoms with Crippen LogP contribution in [0.5, 0.6) is 0 Å². The summed E-state index contributed by atoms with van der Waals surface area (Å²) < 4.78 is 26.7. The van der Waals surface area contributed by atoms with E-state index in [1.54, 1.807) is 17.3 Å². The molecule has 1 aliphatic heterocycles. The second-order valence-corrected chi connectivity index (χ2v) is 5.57. The van der Waals surface area contributed by atoms with Crippen molar-refractivity contribution in [2.45, 2.75) is 6.92 Å². The van der Waals surface area contributed by atoms with E-state index in [9.17, 15) is 13.6 Å². The monoisotopic (exact) mass is 317 g/mol. The maximum Gasteiger partial charge on any atom is 0.256 e. The first-order valence-corrected chi connectivity index (χ1v) is 7.46. The fourth-order valence-electron chi connectivity index (χ4n) is 2.80. The zero-order valence-electron chi connectivity index (χ0n) is 12.8. The number of aryl methyl sites for hydroxylation is 1. The minimum Gasteiger partial charge on any atom is -0.368 e. The van der Waals surface area contributed by atoms with E-state index in [1.807, 2.05) is 13.0 Å². The van der Waals surface area contributed by atoms with Crippen LogP contribution in [0.2, 0.25) is 0 Å². The topological polar surface area (TPSA) is 36.4 Å². The Morgan fingerprint density at radius 2 is 1.87 bits per heavy atom. The Labute approximate surface area is 133 Å². The Balaban J connectivity index is 1.69. The predicted octanol–water partition coefficient (Wildman–Crippen LogP) is 2.63. The minimum atomic E-state index is -0.817. The smallest absolute Gasteiger partial charge is 0.256 e. The Morgan fingerprint density at radius 3 is 2.52 bits per heavy atom. The highest BCUT2D eigenvalue weighted by Crippen LogP contribution is 2.21. The summed E-state index contributed by atoms with van der Waals surface area (Å²) in [6.07, 6.45) is 3.55. The molecular weight excluding hydrogens is 300 g/mol. The molecule has 1 fully saturated rings. The lowest BCUT2D eigenvalue weighted by Gasteiger charge is -2.36. The lowest BCUT2D eigenvalue weighted by Crippen LogP contribution is -2.49. The number of halogens is 2. The Hall–Kier alpha value is -2.50. The van der Waals surface area contributed by atoms with Crippen LogP contribution >= 0.6 is 0 Å². The number of anilines is 1. The summed E-state index contributed by atoms with van der Waals surface area (Å²) in [4.78, 5) is 20.2. The van der Waals surface area contributed by atoms with Crippen molar-refractivity contribution in [3.05, 3.63) is 59.4 Å². The molecule has 4 nitrogen and oxygen atoms in total. The Morgan fingerprint density at radius 1 is 1.13 bits per heavy atom. The largest absolute Gasteiger partial charge is 0.368 e. The van der Waals surface area contributed by atoms with Gasteiger partial charge >= 0.3 is 0 Å². The summed E-state index contributed by atoms with van der Waals surface area (Å²) in [6.45, 7) is 4.32. The van der Waals surface area contributed by atoms with Crippen LogP contribution in [0, 0.1) is 18.6 Å². The van der Waals surface area contributed by atoms with Crippen LogP contribution in [0.4, 0.5) is 14.5 Å². The van der Waals surface area contributed by atoms with Gasteiger partial charge in [0.2, 0.25) is 0 Å². The summed E-state index contributed by atoms with van der Waals surface area (Å²) >= 11 is 0. The first-order valence-electron chi connectivity index (χ1n) is 7.46. The molecule has 1 aromatic carbocycles. The van der Waals surface area contributed by atoms with Gasteiger partial charge in [0.1, 0.15) is 11.6 Å². The summed E-state index contributed by atoms with van der Waals surface area (Å²) in [5, 5.41) is 0. The van der Waals surface area contributed by atoms with Gasteiger partial charge in [0.25, 0.3) is 5.91 Å². The molecule has 0 saturated carbocycles. The van der Waals surface area contributed by atoms with E-state index in [1.165, 1.54) is 6.07 Å². The number of rotatable bonds is 2. The number of hydrogen-bond acceptors (Lipinski definition) is 3. The van der Waals surface area contributed by atoms with Crippen LogP contribution < -0.4 is 4.90 Å². The first-order chi connectivity index (χ1) is 11.1. The number of benzene rings is 1. The van der Waals surface area contributed by atoms with Crippen LogP contribution in [0.25, 0.3) is 0 Å². The highest BCUT2D eigenvalue weighted by Gasteiger charge is 2.24. The van der Waals surface area contributed by atoms with Crippen LogP contribution in [-0.2, 0) is 0 Å². The van der Waals surface area contributed by atoms with Crippen LogP contribution in [-0.4, -0.2) is 42.0 Å². The highest BCUT2D eigenvalue weighted by molar-refractivity contribution is 5.94. The molecule has 0 bridgehead atoms. The van der Waals surface area contributed by atoms with E-state index in [0.717, 1.165) is 23.4 Å². The van der Waals surface area contributed by atoms with Gasteiger partial charge in [-0.2, -0.15) is 0 Å². The summed E-state index contributed by atoms with van der Waals surface area (Å²) in [5.74, 6) is -1.90. The summed E-state index contributed by atoms with van der Waals surface area (Å²) in [6, 6.07) is 5.00. The van der Waals surface area contributed by atoms with Gasteiger partial charge in [-0.15, -0.1) is 0 Å². The molecule has 2 aromatic rings. The fraction of sp³-hybridized carbons (Fsp3) is 0.294. The van der Waals surface area contributed by atoms with Crippen LogP contribution in [0.3, 0.4) is 0 Å². The molecule has 6 heteroatoms. The van der Waals surface area contributed by atoms with E-state index in [0.29, 0.717) is 26.2 Å². The van der Waals surface area contributed by atoms with Crippen molar-refractivity contribution in [1.82, 2.24) is 9.88 Å². The third-order valence-electron chi connectivity index (χ3n) is 4.06. The van der Waals surface area contributed by atoms with Crippen molar-refractivity contribution in [3.8, 4) is 0 Å². The van der Waals surface area contributed by atoms with Gasteiger partial charge in [0.15, 0.2) is 0 Å². The van der Waals surface area contributed by atoms with Crippen molar-refractivity contribution in [2.75, 3.05) is 31.1 Å². The van der Waals surface area contributed by atoms with Crippen molar-refractivity contribution >= 4 is 11.6 Å². The van der Waals surface area contributed by atoms with Crippen molar-refractivity contribution in [2.24, 2.45) is 0 Å². The number of piperazine rings is 1. The van der Waals surface area contributed by atoms with Gasteiger partial charge in [0, 0.05) is 50.3 Å². The molecule has 0 atom stereocenters. The van der Waals surface area contributed by atoms with Crippen molar-refractivity contribution < 1.29 is 13.6 Å². The molecule has 0 radical (unpaired) electrons. The number of amides is 1. The number of pyridine rings is 1. The molecule has 0 spiro atoms. The molecule has 120 valence electrons. The number of carbonyl (C=O) groups excluding carboxylic acids is 1. The van der Waals surface area contributed by atoms with E-state index >= 15 is 0 Å². The second-order valence-electron chi connectivity index (χ2n) is 5.57. The molecular formula is C17H17F2N3O. The first kappa shape index (κ1) is 15.4. The number of nitrogens with zero attached hydrogens (tertiary/aromatic N) is 3.